The van der Waals surface area contributed by atoms with Crippen molar-refractivity contribution >= 4 is 11.8 Å². The molecular weight excluding hydrogens is 276 g/mol. The SMILES string of the molecule is Cc1ccc(C(Sc2cc(F)ccc2F)C(C)N)cc1. The molecule has 0 aromatic heterocycles. The minimum atomic E-state index is -0.443. The van der Waals surface area contributed by atoms with Gasteiger partial charge in [0.15, 0.2) is 0 Å². The molecule has 0 saturated heterocycles. The second-order valence-corrected chi connectivity index (χ2v) is 6.07. The average Bonchev–Trinajstić information content (AvgIpc) is 2.40. The summed E-state index contributed by atoms with van der Waals surface area (Å²) in [4.78, 5) is 0.285. The van der Waals surface area contributed by atoms with Crippen LogP contribution in [-0.2, 0) is 0 Å². The molecule has 2 unspecified atom stereocenters. The second kappa shape index (κ2) is 6.37. The zero-order valence-electron chi connectivity index (χ0n) is 11.4. The predicted octanol–water partition coefficient (Wildman–Crippen LogP) is 4.45. The van der Waals surface area contributed by atoms with Crippen molar-refractivity contribution in [2.24, 2.45) is 5.73 Å². The Morgan fingerprint density at radius 1 is 1.05 bits per heavy atom. The van der Waals surface area contributed by atoms with Crippen LogP contribution in [0.25, 0.3) is 0 Å². The Morgan fingerprint density at radius 3 is 2.30 bits per heavy atom. The van der Waals surface area contributed by atoms with Crippen LogP contribution in [0.3, 0.4) is 0 Å². The predicted molar refractivity (Wildman–Crippen MR) is 79.8 cm³/mol. The lowest BCUT2D eigenvalue weighted by Crippen LogP contribution is -2.22. The third kappa shape index (κ3) is 3.58. The second-order valence-electron chi connectivity index (χ2n) is 4.88. The molecule has 0 amide bonds. The van der Waals surface area contributed by atoms with E-state index in [2.05, 4.69) is 0 Å². The lowest BCUT2D eigenvalue weighted by molar-refractivity contribution is 0.576. The molecule has 1 nitrogen and oxygen atoms in total. The number of hydrogen-bond donors (Lipinski definition) is 1. The normalized spacial score (nSPS) is 14.1. The molecule has 0 aliphatic carbocycles. The van der Waals surface area contributed by atoms with Crippen molar-refractivity contribution in [2.45, 2.75) is 30.0 Å². The summed E-state index contributed by atoms with van der Waals surface area (Å²) in [5.41, 5.74) is 8.17. The molecule has 0 fully saturated rings. The van der Waals surface area contributed by atoms with Gasteiger partial charge in [-0.3, -0.25) is 0 Å². The maximum atomic E-state index is 13.7. The molecule has 2 aromatic rings. The molecule has 106 valence electrons. The van der Waals surface area contributed by atoms with E-state index in [0.29, 0.717) is 0 Å². The summed E-state index contributed by atoms with van der Waals surface area (Å²) in [6, 6.07) is 11.2. The first kappa shape index (κ1) is 15.0. The number of rotatable bonds is 4. The number of halogens is 2. The largest absolute Gasteiger partial charge is 0.327 e. The van der Waals surface area contributed by atoms with Gasteiger partial charge in [0.1, 0.15) is 11.6 Å². The van der Waals surface area contributed by atoms with Gasteiger partial charge in [-0.25, -0.2) is 8.78 Å². The summed E-state index contributed by atoms with van der Waals surface area (Å²) in [7, 11) is 0. The Labute approximate surface area is 122 Å². The van der Waals surface area contributed by atoms with Crippen LogP contribution in [0.5, 0.6) is 0 Å². The molecule has 2 N–H and O–H groups in total. The van der Waals surface area contributed by atoms with Gasteiger partial charge in [-0.1, -0.05) is 29.8 Å². The number of aryl methyl sites for hydroxylation is 1. The van der Waals surface area contributed by atoms with Crippen molar-refractivity contribution in [2.75, 3.05) is 0 Å². The van der Waals surface area contributed by atoms with Crippen LogP contribution in [0, 0.1) is 18.6 Å². The highest BCUT2D eigenvalue weighted by molar-refractivity contribution is 7.99. The van der Waals surface area contributed by atoms with Gasteiger partial charge in [0.05, 0.1) is 0 Å². The maximum Gasteiger partial charge on any atom is 0.136 e. The fraction of sp³-hybridized carbons (Fsp3) is 0.250. The van der Waals surface area contributed by atoms with Gasteiger partial charge >= 0.3 is 0 Å². The van der Waals surface area contributed by atoms with E-state index in [1.54, 1.807) is 0 Å². The van der Waals surface area contributed by atoms with E-state index < -0.39 is 11.6 Å². The Morgan fingerprint density at radius 2 is 1.70 bits per heavy atom. The fourth-order valence-electron chi connectivity index (χ4n) is 1.94. The third-order valence-corrected chi connectivity index (χ3v) is 4.55. The van der Waals surface area contributed by atoms with E-state index in [4.69, 9.17) is 5.73 Å². The van der Waals surface area contributed by atoms with Gasteiger partial charge in [0.25, 0.3) is 0 Å². The first-order valence-corrected chi connectivity index (χ1v) is 7.29. The zero-order valence-corrected chi connectivity index (χ0v) is 12.3. The van der Waals surface area contributed by atoms with E-state index >= 15 is 0 Å². The summed E-state index contributed by atoms with van der Waals surface area (Å²) in [6.07, 6.45) is 0. The van der Waals surface area contributed by atoms with Crippen molar-refractivity contribution in [1.82, 2.24) is 0 Å². The van der Waals surface area contributed by atoms with Gasteiger partial charge in [-0.05, 0) is 37.6 Å². The van der Waals surface area contributed by atoms with Crippen LogP contribution in [0.15, 0.2) is 47.4 Å². The minimum Gasteiger partial charge on any atom is -0.327 e. The van der Waals surface area contributed by atoms with Crippen LogP contribution >= 0.6 is 11.8 Å². The lowest BCUT2D eigenvalue weighted by Gasteiger charge is -2.21. The van der Waals surface area contributed by atoms with E-state index in [1.807, 2.05) is 38.1 Å². The molecular formula is C16H17F2NS. The number of nitrogens with two attached hydrogens (primary N) is 1. The highest BCUT2D eigenvalue weighted by Crippen LogP contribution is 2.38. The molecule has 0 aliphatic rings. The molecule has 0 heterocycles. The smallest absolute Gasteiger partial charge is 0.136 e. The lowest BCUT2D eigenvalue weighted by atomic mass is 10.1. The standard InChI is InChI=1S/C16H17F2NS/c1-10-3-5-12(6-4-10)16(11(2)19)20-15-9-13(17)7-8-14(15)18/h3-9,11,16H,19H2,1-2H3. The van der Waals surface area contributed by atoms with Gasteiger partial charge in [0, 0.05) is 16.2 Å². The molecule has 0 aliphatic heterocycles. The molecule has 0 spiro atoms. The Kier molecular flexibility index (Phi) is 4.78. The number of hydrogen-bond acceptors (Lipinski definition) is 2. The molecule has 2 atom stereocenters. The first-order valence-electron chi connectivity index (χ1n) is 6.41. The van der Waals surface area contributed by atoms with Crippen molar-refractivity contribution in [3.8, 4) is 0 Å². The molecule has 2 aromatic carbocycles. The molecule has 0 bridgehead atoms. The molecule has 4 heteroatoms. The zero-order chi connectivity index (χ0) is 14.7. The minimum absolute atomic E-state index is 0.119. The maximum absolute atomic E-state index is 13.7. The van der Waals surface area contributed by atoms with E-state index in [1.165, 1.54) is 17.8 Å². The van der Waals surface area contributed by atoms with Crippen molar-refractivity contribution < 1.29 is 8.78 Å². The molecule has 0 radical (unpaired) electrons. The topological polar surface area (TPSA) is 26.0 Å². The third-order valence-electron chi connectivity index (χ3n) is 3.03. The number of thioether (sulfide) groups is 1. The van der Waals surface area contributed by atoms with Gasteiger partial charge < -0.3 is 5.73 Å². The summed E-state index contributed by atoms with van der Waals surface area (Å²) in [5.74, 6) is -0.865. The van der Waals surface area contributed by atoms with Gasteiger partial charge in [0.2, 0.25) is 0 Å². The Bertz CT molecular complexity index is 582. The highest BCUT2D eigenvalue weighted by atomic mass is 32.2. The van der Waals surface area contributed by atoms with Crippen LogP contribution in [-0.4, -0.2) is 6.04 Å². The average molecular weight is 293 g/mol. The van der Waals surface area contributed by atoms with Gasteiger partial charge in [-0.15, -0.1) is 11.8 Å². The van der Waals surface area contributed by atoms with Crippen LogP contribution in [0.4, 0.5) is 8.78 Å². The fourth-order valence-corrected chi connectivity index (χ4v) is 3.08. The monoisotopic (exact) mass is 293 g/mol. The van der Waals surface area contributed by atoms with Crippen LogP contribution < -0.4 is 5.73 Å². The van der Waals surface area contributed by atoms with Crippen LogP contribution in [0.1, 0.15) is 23.3 Å². The Balaban J connectivity index is 2.30. The summed E-state index contributed by atoms with van der Waals surface area (Å²) >= 11 is 1.26. The van der Waals surface area contributed by atoms with E-state index in [9.17, 15) is 8.78 Å². The van der Waals surface area contributed by atoms with Crippen molar-refractivity contribution in [1.29, 1.82) is 0 Å². The Hall–Kier alpha value is -1.39. The molecule has 20 heavy (non-hydrogen) atoms. The highest BCUT2D eigenvalue weighted by Gasteiger charge is 2.19. The molecule has 0 saturated carbocycles. The van der Waals surface area contributed by atoms with Crippen LogP contribution in [0.2, 0.25) is 0 Å². The van der Waals surface area contributed by atoms with Gasteiger partial charge in [-0.2, -0.15) is 0 Å². The quantitative estimate of drug-likeness (QED) is 0.843. The summed E-state index contributed by atoms with van der Waals surface area (Å²) < 4.78 is 27.0. The number of benzene rings is 2. The summed E-state index contributed by atoms with van der Waals surface area (Å²) in [5, 5.41) is -0.119. The van der Waals surface area contributed by atoms with Crippen molar-refractivity contribution in [3.05, 3.63) is 65.2 Å². The first-order chi connectivity index (χ1) is 9.47. The molecule has 2 rings (SSSR count). The van der Waals surface area contributed by atoms with E-state index in [-0.39, 0.29) is 16.2 Å². The van der Waals surface area contributed by atoms with Crippen molar-refractivity contribution in [3.63, 3.8) is 0 Å². The van der Waals surface area contributed by atoms with E-state index in [0.717, 1.165) is 23.3 Å². The summed E-state index contributed by atoms with van der Waals surface area (Å²) in [6.45, 7) is 3.87.